The Balaban J connectivity index is 1.17. The number of aldehydes is 1. The number of aromatic nitrogens is 4. The Bertz CT molecular complexity index is 1940. The fourth-order valence-electron chi connectivity index (χ4n) is 6.79. The smallest absolute Gasteiger partial charge is 0.276 e. The van der Waals surface area contributed by atoms with Crippen LogP contribution in [-0.2, 0) is 31.2 Å². The Morgan fingerprint density at radius 2 is 1.83 bits per heavy atom. The molecule has 1 N–H and O–H groups in total. The fraction of sp³-hybridized carbons (Fsp3) is 0.353. The van der Waals surface area contributed by atoms with Gasteiger partial charge < -0.3 is 24.1 Å². The predicted octanol–water partition coefficient (Wildman–Crippen LogP) is 3.46. The summed E-state index contributed by atoms with van der Waals surface area (Å²) in [6, 6.07) is 8.67. The van der Waals surface area contributed by atoms with Gasteiger partial charge in [-0.3, -0.25) is 24.1 Å². The second-order valence-corrected chi connectivity index (χ2v) is 12.9. The molecular formula is C34H35N7O5. The van der Waals surface area contributed by atoms with E-state index in [0.29, 0.717) is 73.9 Å². The second-order valence-electron chi connectivity index (χ2n) is 12.9. The summed E-state index contributed by atoms with van der Waals surface area (Å²) in [5, 5.41) is 3.07. The normalized spacial score (nSPS) is 17.1. The maximum Gasteiger partial charge on any atom is 0.276 e. The first-order chi connectivity index (χ1) is 22.1. The van der Waals surface area contributed by atoms with E-state index in [2.05, 4.69) is 33.7 Å². The third kappa shape index (κ3) is 5.18. The monoisotopic (exact) mass is 621 g/mol. The van der Waals surface area contributed by atoms with Crippen molar-refractivity contribution in [3.05, 3.63) is 87.4 Å². The third-order valence-corrected chi connectivity index (χ3v) is 9.03. The van der Waals surface area contributed by atoms with Gasteiger partial charge >= 0.3 is 0 Å². The number of rotatable bonds is 6. The van der Waals surface area contributed by atoms with Gasteiger partial charge in [-0.1, -0.05) is 13.8 Å². The highest BCUT2D eigenvalue weighted by molar-refractivity contribution is 6.09. The van der Waals surface area contributed by atoms with E-state index in [4.69, 9.17) is 4.74 Å². The van der Waals surface area contributed by atoms with Crippen molar-refractivity contribution >= 4 is 35.4 Å². The van der Waals surface area contributed by atoms with Gasteiger partial charge in [-0.15, -0.1) is 0 Å². The van der Waals surface area contributed by atoms with E-state index >= 15 is 0 Å². The third-order valence-electron chi connectivity index (χ3n) is 9.03. The van der Waals surface area contributed by atoms with Gasteiger partial charge in [0.05, 0.1) is 24.3 Å². The van der Waals surface area contributed by atoms with Crippen LogP contribution in [0, 0.1) is 5.41 Å². The molecule has 6 heterocycles. The zero-order valence-electron chi connectivity index (χ0n) is 26.1. The molecule has 2 aliphatic heterocycles. The van der Waals surface area contributed by atoms with Gasteiger partial charge in [0.1, 0.15) is 23.0 Å². The molecule has 2 amide bonds. The van der Waals surface area contributed by atoms with E-state index < -0.39 is 0 Å². The lowest BCUT2D eigenvalue weighted by Gasteiger charge is -2.30. The molecule has 7 rings (SSSR count). The molecule has 4 aromatic rings. The van der Waals surface area contributed by atoms with Crippen molar-refractivity contribution in [2.75, 3.05) is 43.1 Å². The van der Waals surface area contributed by atoms with E-state index in [0.717, 1.165) is 12.8 Å². The van der Waals surface area contributed by atoms with Crippen molar-refractivity contribution in [3.63, 3.8) is 0 Å². The number of anilines is 3. The molecule has 0 saturated carbocycles. The summed E-state index contributed by atoms with van der Waals surface area (Å²) in [7, 11) is 1.63. The molecule has 0 spiro atoms. The van der Waals surface area contributed by atoms with Crippen molar-refractivity contribution in [1.29, 1.82) is 0 Å². The summed E-state index contributed by atoms with van der Waals surface area (Å²) in [6.45, 7) is 7.56. The quantitative estimate of drug-likeness (QED) is 0.324. The zero-order chi connectivity index (χ0) is 32.2. The highest BCUT2D eigenvalue weighted by Crippen LogP contribution is 2.40. The molecule has 12 heteroatoms. The minimum absolute atomic E-state index is 0.122. The zero-order valence-corrected chi connectivity index (χ0v) is 26.1. The average Bonchev–Trinajstić information content (AvgIpc) is 3.55. The van der Waals surface area contributed by atoms with Gasteiger partial charge in [-0.25, -0.2) is 9.97 Å². The van der Waals surface area contributed by atoms with Crippen LogP contribution in [-0.4, -0.2) is 75.0 Å². The molecule has 0 unspecified atom stereocenters. The number of nitrogens with one attached hydrogen (secondary N) is 1. The van der Waals surface area contributed by atoms with Crippen LogP contribution in [0.3, 0.4) is 0 Å². The highest BCUT2D eigenvalue weighted by atomic mass is 16.5. The first kappa shape index (κ1) is 29.6. The lowest BCUT2D eigenvalue weighted by atomic mass is 9.90. The minimum atomic E-state index is -0.302. The lowest BCUT2D eigenvalue weighted by molar-refractivity contribution is 0.0302. The molecule has 12 nitrogen and oxygen atoms in total. The van der Waals surface area contributed by atoms with Crippen LogP contribution in [0.25, 0.3) is 11.1 Å². The Labute approximate surface area is 265 Å². The summed E-state index contributed by atoms with van der Waals surface area (Å²) in [5.74, 6) is 0.367. The van der Waals surface area contributed by atoms with Crippen molar-refractivity contribution < 1.29 is 19.1 Å². The van der Waals surface area contributed by atoms with Crippen molar-refractivity contribution in [2.45, 2.75) is 33.2 Å². The summed E-state index contributed by atoms with van der Waals surface area (Å²) < 4.78 is 8.87. The molecule has 1 fully saturated rings. The van der Waals surface area contributed by atoms with E-state index in [1.165, 1.54) is 22.0 Å². The molecule has 0 aromatic carbocycles. The molecule has 0 bridgehead atoms. The van der Waals surface area contributed by atoms with Crippen molar-refractivity contribution in [1.82, 2.24) is 24.0 Å². The molecule has 0 atom stereocenters. The predicted molar refractivity (Wildman–Crippen MR) is 172 cm³/mol. The minimum Gasteiger partial charge on any atom is -0.378 e. The van der Waals surface area contributed by atoms with E-state index in [1.54, 1.807) is 53.5 Å². The van der Waals surface area contributed by atoms with E-state index in [-0.39, 0.29) is 39.9 Å². The van der Waals surface area contributed by atoms with E-state index in [1.807, 2.05) is 6.07 Å². The second kappa shape index (κ2) is 11.4. The Hall–Kier alpha value is -5.10. The highest BCUT2D eigenvalue weighted by Gasteiger charge is 2.37. The summed E-state index contributed by atoms with van der Waals surface area (Å²) in [4.78, 5) is 64.5. The molecule has 236 valence electrons. The number of morpholine rings is 1. The van der Waals surface area contributed by atoms with Crippen LogP contribution < -0.4 is 15.8 Å². The molecule has 4 aromatic heterocycles. The van der Waals surface area contributed by atoms with Crippen LogP contribution in [0.4, 0.5) is 17.3 Å². The number of pyridine rings is 3. The summed E-state index contributed by atoms with van der Waals surface area (Å²) in [6.07, 6.45) is 7.27. The fourth-order valence-corrected chi connectivity index (χ4v) is 6.79. The molecule has 0 radical (unpaired) electrons. The van der Waals surface area contributed by atoms with Gasteiger partial charge in [0.2, 0.25) is 0 Å². The number of carbonyl (C=O) groups is 3. The standard InChI is InChI=1S/C34H35N7O5/c1-34(2)16-22-15-27-33(45)41(9-8-40(27)28(22)17-34)30-25(20-42)24(6-7-35-30)23-14-26(32(44)38(3)19-23)37-29-5-4-21(18-36-29)31(43)39-10-12-46-13-11-39/h4-7,14-15,18-20H,8-13,16-17H2,1-3H3,(H,36,37). The number of hydrogen-bond donors (Lipinski definition) is 1. The average molecular weight is 622 g/mol. The number of hydrogen-bond acceptors (Lipinski definition) is 8. The number of nitrogens with zero attached hydrogens (tertiary/aromatic N) is 6. The van der Waals surface area contributed by atoms with Crippen LogP contribution in [0.5, 0.6) is 0 Å². The van der Waals surface area contributed by atoms with Gasteiger partial charge in [-0.2, -0.15) is 0 Å². The number of amides is 2. The molecular weight excluding hydrogens is 586 g/mol. The SMILES string of the molecule is Cn1cc(-c2ccnc(N3CCn4c(cc5c4CC(C)(C)C5)C3=O)c2C=O)cc(Nc2ccc(C(=O)N3CCOCC3)cn2)c1=O. The summed E-state index contributed by atoms with van der Waals surface area (Å²) in [5.41, 5.74) is 5.00. The van der Waals surface area contributed by atoms with Gasteiger partial charge in [0.15, 0.2) is 6.29 Å². The molecule has 3 aliphatic rings. The number of ether oxygens (including phenoxy) is 1. The largest absolute Gasteiger partial charge is 0.378 e. The van der Waals surface area contributed by atoms with Gasteiger partial charge in [0.25, 0.3) is 17.4 Å². The number of carbonyl (C=O) groups excluding carboxylic acids is 3. The van der Waals surface area contributed by atoms with Crippen LogP contribution in [0.15, 0.2) is 53.7 Å². The Morgan fingerprint density at radius 3 is 2.57 bits per heavy atom. The molecule has 1 aliphatic carbocycles. The van der Waals surface area contributed by atoms with Gasteiger partial charge in [0, 0.05) is 63.1 Å². The first-order valence-electron chi connectivity index (χ1n) is 15.4. The summed E-state index contributed by atoms with van der Waals surface area (Å²) >= 11 is 0. The molecule has 1 saturated heterocycles. The van der Waals surface area contributed by atoms with Crippen LogP contribution in [0.2, 0.25) is 0 Å². The molecule has 46 heavy (non-hydrogen) atoms. The number of fused-ring (bicyclic) bond motifs is 3. The maximum absolute atomic E-state index is 13.8. The topological polar surface area (TPSA) is 132 Å². The van der Waals surface area contributed by atoms with E-state index in [9.17, 15) is 19.2 Å². The van der Waals surface area contributed by atoms with Gasteiger partial charge in [-0.05, 0) is 59.7 Å². The Kier molecular flexibility index (Phi) is 7.31. The first-order valence-corrected chi connectivity index (χ1v) is 15.4. The lowest BCUT2D eigenvalue weighted by Crippen LogP contribution is -2.41. The van der Waals surface area contributed by atoms with Crippen LogP contribution >= 0.6 is 0 Å². The maximum atomic E-state index is 13.8. The van der Waals surface area contributed by atoms with Crippen LogP contribution in [0.1, 0.15) is 56.3 Å². The van der Waals surface area contributed by atoms with Crippen molar-refractivity contribution in [2.24, 2.45) is 12.5 Å². The Morgan fingerprint density at radius 1 is 1.02 bits per heavy atom. The van der Waals surface area contributed by atoms with Crippen molar-refractivity contribution in [3.8, 4) is 11.1 Å². The number of aryl methyl sites for hydroxylation is 1.